The summed E-state index contributed by atoms with van der Waals surface area (Å²) in [5, 5.41) is 3.22. The first-order valence-corrected chi connectivity index (χ1v) is 13.5. The molecule has 0 bridgehead atoms. The summed E-state index contributed by atoms with van der Waals surface area (Å²) in [4.78, 5) is 29.1. The molecule has 1 atom stereocenters. The molecule has 0 radical (unpaired) electrons. The number of para-hydroxylation sites is 2. The normalized spacial score (nSPS) is 14.1. The van der Waals surface area contributed by atoms with Crippen LogP contribution in [0, 0.1) is 0 Å². The van der Waals surface area contributed by atoms with E-state index in [9.17, 15) is 9.59 Å². The fourth-order valence-corrected chi connectivity index (χ4v) is 4.93. The molecule has 0 heterocycles. The summed E-state index contributed by atoms with van der Waals surface area (Å²) in [6, 6.07) is 24.3. The highest BCUT2D eigenvalue weighted by Gasteiger charge is 2.32. The first kappa shape index (κ1) is 26.7. The van der Waals surface area contributed by atoms with E-state index in [1.165, 1.54) is 0 Å². The molecule has 3 aromatic rings. The van der Waals surface area contributed by atoms with Crippen LogP contribution in [-0.2, 0) is 22.6 Å². The second-order valence-electron chi connectivity index (χ2n) is 9.28. The van der Waals surface area contributed by atoms with Gasteiger partial charge in [-0.2, -0.15) is 0 Å². The van der Waals surface area contributed by atoms with Crippen molar-refractivity contribution in [3.05, 3.63) is 94.5 Å². The highest BCUT2D eigenvalue weighted by molar-refractivity contribution is 9.10. The predicted octanol–water partition coefficient (Wildman–Crippen LogP) is 5.54. The average molecular weight is 566 g/mol. The van der Waals surface area contributed by atoms with E-state index in [1.54, 1.807) is 24.1 Å². The molecular formula is C30H33BrN2O4. The van der Waals surface area contributed by atoms with E-state index in [2.05, 4.69) is 21.2 Å². The quantitative estimate of drug-likeness (QED) is 0.332. The lowest BCUT2D eigenvalue weighted by Crippen LogP contribution is -2.53. The predicted molar refractivity (Wildman–Crippen MR) is 148 cm³/mol. The summed E-state index contributed by atoms with van der Waals surface area (Å²) in [7, 11) is 1.56. The molecule has 0 spiro atoms. The number of carbonyl (C=O) groups excluding carboxylic acids is 2. The summed E-state index contributed by atoms with van der Waals surface area (Å²) in [6.45, 7) is 0.0793. The van der Waals surface area contributed by atoms with Crippen molar-refractivity contribution in [1.82, 2.24) is 10.2 Å². The van der Waals surface area contributed by atoms with Gasteiger partial charge in [0.25, 0.3) is 5.91 Å². The van der Waals surface area contributed by atoms with Crippen molar-refractivity contribution >= 4 is 27.7 Å². The van der Waals surface area contributed by atoms with Crippen LogP contribution in [0.15, 0.2) is 83.3 Å². The standard InChI is InChI=1S/C30H33BrN2O4/c1-36-27-13-7-8-14-28(27)37-21-29(34)33(20-23-15-17-24(31)18-16-23)26(19-22-9-3-2-4-10-22)30(35)32-25-11-5-6-12-25/h2-4,7-10,13-18,25-26H,5-6,11-12,19-21H2,1H3,(H,32,35). The van der Waals surface area contributed by atoms with Gasteiger partial charge in [0.05, 0.1) is 7.11 Å². The molecule has 0 saturated heterocycles. The van der Waals surface area contributed by atoms with Crippen molar-refractivity contribution in [2.24, 2.45) is 0 Å². The summed E-state index contributed by atoms with van der Waals surface area (Å²) in [5.74, 6) is 0.640. The number of ether oxygens (including phenoxy) is 2. The Morgan fingerprint density at radius 2 is 1.57 bits per heavy atom. The number of amides is 2. The van der Waals surface area contributed by atoms with Crippen molar-refractivity contribution in [2.75, 3.05) is 13.7 Å². The van der Waals surface area contributed by atoms with Gasteiger partial charge < -0.3 is 19.7 Å². The first-order valence-electron chi connectivity index (χ1n) is 12.7. The molecule has 2 amide bonds. The molecule has 0 aliphatic heterocycles. The molecule has 6 nitrogen and oxygen atoms in total. The van der Waals surface area contributed by atoms with Crippen LogP contribution >= 0.6 is 15.9 Å². The third kappa shape index (κ3) is 7.59. The molecule has 7 heteroatoms. The largest absolute Gasteiger partial charge is 0.493 e. The molecule has 37 heavy (non-hydrogen) atoms. The Balaban J connectivity index is 1.61. The summed E-state index contributed by atoms with van der Waals surface area (Å²) >= 11 is 3.47. The number of benzene rings is 3. The topological polar surface area (TPSA) is 67.9 Å². The molecule has 1 fully saturated rings. The van der Waals surface area contributed by atoms with Crippen molar-refractivity contribution < 1.29 is 19.1 Å². The van der Waals surface area contributed by atoms with E-state index >= 15 is 0 Å². The Hall–Kier alpha value is -3.32. The minimum absolute atomic E-state index is 0.126. The number of nitrogens with zero attached hydrogens (tertiary/aromatic N) is 1. The van der Waals surface area contributed by atoms with Gasteiger partial charge in [0, 0.05) is 23.5 Å². The molecule has 1 aliphatic carbocycles. The van der Waals surface area contributed by atoms with Gasteiger partial charge in [-0.1, -0.05) is 83.4 Å². The molecule has 194 valence electrons. The zero-order valence-corrected chi connectivity index (χ0v) is 22.7. The van der Waals surface area contributed by atoms with Gasteiger partial charge in [0.2, 0.25) is 5.91 Å². The van der Waals surface area contributed by atoms with Crippen LogP contribution in [0.3, 0.4) is 0 Å². The Morgan fingerprint density at radius 1 is 0.919 bits per heavy atom. The van der Waals surface area contributed by atoms with Gasteiger partial charge in [-0.05, 0) is 48.2 Å². The van der Waals surface area contributed by atoms with E-state index in [-0.39, 0.29) is 31.0 Å². The number of methoxy groups -OCH3 is 1. The first-order chi connectivity index (χ1) is 18.0. The SMILES string of the molecule is COc1ccccc1OCC(=O)N(Cc1ccc(Br)cc1)C(Cc1ccccc1)C(=O)NC1CCCC1. The van der Waals surface area contributed by atoms with E-state index in [0.29, 0.717) is 17.9 Å². The molecule has 4 rings (SSSR count). The van der Waals surface area contributed by atoms with Crippen LogP contribution in [0.2, 0.25) is 0 Å². The molecule has 0 aromatic heterocycles. The molecular weight excluding hydrogens is 532 g/mol. The van der Waals surface area contributed by atoms with Gasteiger partial charge in [0.1, 0.15) is 6.04 Å². The minimum Gasteiger partial charge on any atom is -0.493 e. The monoisotopic (exact) mass is 564 g/mol. The van der Waals surface area contributed by atoms with Crippen LogP contribution in [0.5, 0.6) is 11.5 Å². The number of nitrogens with one attached hydrogen (secondary N) is 1. The van der Waals surface area contributed by atoms with E-state index in [4.69, 9.17) is 9.47 Å². The van der Waals surface area contributed by atoms with Crippen LogP contribution < -0.4 is 14.8 Å². The Kier molecular flexibility index (Phi) is 9.60. The van der Waals surface area contributed by atoms with E-state index in [1.807, 2.05) is 66.7 Å². The van der Waals surface area contributed by atoms with Crippen LogP contribution in [0.25, 0.3) is 0 Å². The Morgan fingerprint density at radius 3 is 2.24 bits per heavy atom. The molecule has 3 aromatic carbocycles. The van der Waals surface area contributed by atoms with Gasteiger partial charge >= 0.3 is 0 Å². The Bertz CT molecular complexity index is 1160. The van der Waals surface area contributed by atoms with Gasteiger partial charge in [0.15, 0.2) is 18.1 Å². The van der Waals surface area contributed by atoms with Crippen molar-refractivity contribution in [3.8, 4) is 11.5 Å². The molecule has 1 unspecified atom stereocenters. The lowest BCUT2D eigenvalue weighted by atomic mass is 10.0. The van der Waals surface area contributed by atoms with E-state index < -0.39 is 6.04 Å². The summed E-state index contributed by atoms with van der Waals surface area (Å²) in [5.41, 5.74) is 1.92. The second kappa shape index (κ2) is 13.3. The number of rotatable bonds is 11. The van der Waals surface area contributed by atoms with Crippen molar-refractivity contribution in [2.45, 2.75) is 50.7 Å². The lowest BCUT2D eigenvalue weighted by molar-refractivity contribution is -0.143. The number of halogens is 1. The average Bonchev–Trinajstić information content (AvgIpc) is 3.44. The fourth-order valence-electron chi connectivity index (χ4n) is 4.67. The number of carbonyl (C=O) groups is 2. The summed E-state index contributed by atoms with van der Waals surface area (Å²) < 4.78 is 12.2. The Labute approximate surface area is 227 Å². The summed E-state index contributed by atoms with van der Waals surface area (Å²) in [6.07, 6.45) is 4.59. The van der Waals surface area contributed by atoms with Gasteiger partial charge in [-0.3, -0.25) is 9.59 Å². The van der Waals surface area contributed by atoms with Crippen molar-refractivity contribution in [1.29, 1.82) is 0 Å². The number of hydrogen-bond acceptors (Lipinski definition) is 4. The van der Waals surface area contributed by atoms with Crippen molar-refractivity contribution in [3.63, 3.8) is 0 Å². The zero-order valence-electron chi connectivity index (χ0n) is 21.1. The lowest BCUT2D eigenvalue weighted by Gasteiger charge is -2.32. The third-order valence-electron chi connectivity index (χ3n) is 6.66. The maximum absolute atomic E-state index is 13.7. The number of hydrogen-bond donors (Lipinski definition) is 1. The highest BCUT2D eigenvalue weighted by atomic mass is 79.9. The maximum atomic E-state index is 13.7. The van der Waals surface area contributed by atoms with Crippen LogP contribution in [-0.4, -0.2) is 42.5 Å². The maximum Gasteiger partial charge on any atom is 0.261 e. The molecule has 1 N–H and O–H groups in total. The van der Waals surface area contributed by atoms with Gasteiger partial charge in [-0.15, -0.1) is 0 Å². The van der Waals surface area contributed by atoms with Crippen LogP contribution in [0.1, 0.15) is 36.8 Å². The van der Waals surface area contributed by atoms with Crippen LogP contribution in [0.4, 0.5) is 0 Å². The fraction of sp³-hybridized carbons (Fsp3) is 0.333. The third-order valence-corrected chi connectivity index (χ3v) is 7.19. The minimum atomic E-state index is -0.680. The van der Waals surface area contributed by atoms with Gasteiger partial charge in [-0.25, -0.2) is 0 Å². The molecule has 1 aliphatic rings. The van der Waals surface area contributed by atoms with E-state index in [0.717, 1.165) is 41.3 Å². The highest BCUT2D eigenvalue weighted by Crippen LogP contribution is 2.26. The molecule has 1 saturated carbocycles. The smallest absolute Gasteiger partial charge is 0.261 e. The zero-order chi connectivity index (χ0) is 26.0. The second-order valence-corrected chi connectivity index (χ2v) is 10.2.